The summed E-state index contributed by atoms with van der Waals surface area (Å²) in [4.78, 5) is 30.6. The van der Waals surface area contributed by atoms with Crippen LogP contribution >= 0.6 is 0 Å². The number of benzene rings is 2. The summed E-state index contributed by atoms with van der Waals surface area (Å²) in [6, 6.07) is 13.8. The Morgan fingerprint density at radius 1 is 1.10 bits per heavy atom. The first-order valence-electron chi connectivity index (χ1n) is 9.02. The lowest BCUT2D eigenvalue weighted by Crippen LogP contribution is -2.19. The van der Waals surface area contributed by atoms with Crippen LogP contribution in [0.3, 0.4) is 0 Å². The quantitative estimate of drug-likeness (QED) is 0.530. The Bertz CT molecular complexity index is 1290. The summed E-state index contributed by atoms with van der Waals surface area (Å²) in [7, 11) is 0. The summed E-state index contributed by atoms with van der Waals surface area (Å²) in [5.74, 6) is 6.06. The van der Waals surface area contributed by atoms with E-state index in [0.717, 1.165) is 27.7 Å². The van der Waals surface area contributed by atoms with Crippen molar-refractivity contribution in [2.75, 3.05) is 0 Å². The number of aromatic amines is 1. The van der Waals surface area contributed by atoms with Gasteiger partial charge in [-0.1, -0.05) is 30.0 Å². The molecule has 6 heteroatoms. The van der Waals surface area contributed by atoms with E-state index in [-0.39, 0.29) is 11.1 Å². The normalized spacial score (nSPS) is 10.5. The van der Waals surface area contributed by atoms with E-state index in [1.807, 2.05) is 18.2 Å². The van der Waals surface area contributed by atoms with Crippen LogP contribution in [0.2, 0.25) is 0 Å². The standard InChI is InChI=1S/C23H17N3O3/c27-22-13-19-9-4-16(2-1-3-21-24-10-11-25-21)12-20(19)15-26(22)14-17-5-7-18(8-6-17)23(28)29/h4-13,15H,3,14H2,(H,24,25)(H,28,29). The first kappa shape index (κ1) is 18.3. The van der Waals surface area contributed by atoms with Gasteiger partial charge in [0.05, 0.1) is 18.5 Å². The minimum absolute atomic E-state index is 0.114. The molecule has 0 unspecified atom stereocenters. The predicted molar refractivity (Wildman–Crippen MR) is 110 cm³/mol. The van der Waals surface area contributed by atoms with Crippen LogP contribution in [0.1, 0.15) is 27.3 Å². The third-order valence-corrected chi connectivity index (χ3v) is 4.54. The van der Waals surface area contributed by atoms with Gasteiger partial charge in [0.2, 0.25) is 0 Å². The van der Waals surface area contributed by atoms with E-state index in [9.17, 15) is 9.59 Å². The molecular weight excluding hydrogens is 366 g/mol. The highest BCUT2D eigenvalue weighted by molar-refractivity contribution is 5.87. The molecule has 0 bridgehead atoms. The zero-order chi connectivity index (χ0) is 20.2. The first-order valence-corrected chi connectivity index (χ1v) is 9.02. The summed E-state index contributed by atoms with van der Waals surface area (Å²) in [6.45, 7) is 0.364. The van der Waals surface area contributed by atoms with Gasteiger partial charge in [-0.3, -0.25) is 4.79 Å². The Morgan fingerprint density at radius 2 is 1.93 bits per heavy atom. The molecule has 0 aliphatic heterocycles. The average Bonchev–Trinajstić information content (AvgIpc) is 3.23. The molecule has 2 N–H and O–H groups in total. The van der Waals surface area contributed by atoms with Crippen molar-refractivity contribution in [1.29, 1.82) is 0 Å². The molecule has 2 aromatic carbocycles. The number of H-pyrrole nitrogens is 1. The molecule has 142 valence electrons. The van der Waals surface area contributed by atoms with Gasteiger partial charge in [0.15, 0.2) is 0 Å². The molecule has 0 saturated carbocycles. The van der Waals surface area contributed by atoms with E-state index in [0.29, 0.717) is 13.0 Å². The molecule has 2 heterocycles. The number of hydrogen-bond acceptors (Lipinski definition) is 3. The highest BCUT2D eigenvalue weighted by Gasteiger charge is 2.05. The van der Waals surface area contributed by atoms with Crippen molar-refractivity contribution in [2.24, 2.45) is 0 Å². The number of fused-ring (bicyclic) bond motifs is 1. The number of carbonyl (C=O) groups is 1. The number of carboxylic acid groups (broad SMARTS) is 1. The van der Waals surface area contributed by atoms with Crippen molar-refractivity contribution in [1.82, 2.24) is 14.5 Å². The zero-order valence-electron chi connectivity index (χ0n) is 15.4. The number of pyridine rings is 1. The van der Waals surface area contributed by atoms with Crippen LogP contribution in [0.15, 0.2) is 71.9 Å². The fourth-order valence-electron chi connectivity index (χ4n) is 3.04. The van der Waals surface area contributed by atoms with Crippen molar-refractivity contribution in [3.05, 3.63) is 100.0 Å². The number of nitrogens with zero attached hydrogens (tertiary/aromatic N) is 2. The number of imidazole rings is 1. The molecule has 29 heavy (non-hydrogen) atoms. The summed E-state index contributed by atoms with van der Waals surface area (Å²) in [6.07, 6.45) is 5.81. The van der Waals surface area contributed by atoms with Gasteiger partial charge in [-0.2, -0.15) is 0 Å². The van der Waals surface area contributed by atoms with Crippen molar-refractivity contribution >= 4 is 16.7 Å². The molecule has 2 aromatic heterocycles. The van der Waals surface area contributed by atoms with Gasteiger partial charge in [0, 0.05) is 30.2 Å². The summed E-state index contributed by atoms with van der Waals surface area (Å²) in [5.41, 5.74) is 1.82. The van der Waals surface area contributed by atoms with Gasteiger partial charge in [-0.05, 0) is 40.6 Å². The van der Waals surface area contributed by atoms with Gasteiger partial charge < -0.3 is 14.7 Å². The number of aromatic carboxylic acids is 1. The van der Waals surface area contributed by atoms with Crippen LogP contribution in [0.5, 0.6) is 0 Å². The molecule has 0 aliphatic rings. The molecular formula is C23H17N3O3. The molecule has 0 amide bonds. The van der Waals surface area contributed by atoms with Crippen LogP contribution in [-0.2, 0) is 13.0 Å². The lowest BCUT2D eigenvalue weighted by Gasteiger charge is -2.08. The smallest absolute Gasteiger partial charge is 0.335 e. The predicted octanol–water partition coefficient (Wildman–Crippen LogP) is 3.07. The highest BCUT2D eigenvalue weighted by Crippen LogP contribution is 2.15. The SMILES string of the molecule is O=C(O)c1ccc(Cn2cc3cc(C#CCc4ncc[nH]4)ccc3cc2=O)cc1. The average molecular weight is 383 g/mol. The van der Waals surface area contributed by atoms with Gasteiger partial charge in [-0.15, -0.1) is 0 Å². The maximum absolute atomic E-state index is 12.4. The van der Waals surface area contributed by atoms with E-state index < -0.39 is 5.97 Å². The summed E-state index contributed by atoms with van der Waals surface area (Å²) >= 11 is 0. The van der Waals surface area contributed by atoms with Crippen LogP contribution in [-0.4, -0.2) is 25.6 Å². The second-order valence-corrected chi connectivity index (χ2v) is 6.60. The fourth-order valence-corrected chi connectivity index (χ4v) is 3.04. The molecule has 0 saturated heterocycles. The third kappa shape index (κ3) is 4.25. The minimum atomic E-state index is -0.972. The van der Waals surface area contributed by atoms with Gasteiger partial charge >= 0.3 is 5.97 Å². The fraction of sp³-hybridized carbons (Fsp3) is 0.0870. The number of nitrogens with one attached hydrogen (secondary N) is 1. The first-order chi connectivity index (χ1) is 14.1. The monoisotopic (exact) mass is 383 g/mol. The molecule has 4 aromatic rings. The Morgan fingerprint density at radius 3 is 2.66 bits per heavy atom. The zero-order valence-corrected chi connectivity index (χ0v) is 15.4. The largest absolute Gasteiger partial charge is 0.478 e. The molecule has 4 rings (SSSR count). The lowest BCUT2D eigenvalue weighted by molar-refractivity contribution is 0.0697. The Balaban J connectivity index is 1.59. The Labute approximate surface area is 166 Å². The maximum atomic E-state index is 12.4. The van der Waals surface area contributed by atoms with E-state index in [4.69, 9.17) is 5.11 Å². The van der Waals surface area contributed by atoms with E-state index in [1.165, 1.54) is 12.1 Å². The van der Waals surface area contributed by atoms with Gasteiger partial charge in [0.25, 0.3) is 5.56 Å². The van der Waals surface area contributed by atoms with E-state index >= 15 is 0 Å². The lowest BCUT2D eigenvalue weighted by atomic mass is 10.1. The van der Waals surface area contributed by atoms with Crippen molar-refractivity contribution in [2.45, 2.75) is 13.0 Å². The van der Waals surface area contributed by atoms with Gasteiger partial charge in [0.1, 0.15) is 5.82 Å². The number of rotatable bonds is 4. The number of carboxylic acids is 1. The third-order valence-electron chi connectivity index (χ3n) is 4.54. The highest BCUT2D eigenvalue weighted by atomic mass is 16.4. The van der Waals surface area contributed by atoms with E-state index in [1.54, 1.807) is 41.4 Å². The molecule has 0 atom stereocenters. The maximum Gasteiger partial charge on any atom is 0.335 e. The topological polar surface area (TPSA) is 88.0 Å². The number of aromatic nitrogens is 3. The minimum Gasteiger partial charge on any atom is -0.478 e. The van der Waals surface area contributed by atoms with E-state index in [2.05, 4.69) is 21.8 Å². The molecule has 6 nitrogen and oxygen atoms in total. The van der Waals surface area contributed by atoms with Crippen molar-refractivity contribution < 1.29 is 9.90 Å². The van der Waals surface area contributed by atoms with Crippen LogP contribution in [0.25, 0.3) is 10.8 Å². The summed E-state index contributed by atoms with van der Waals surface area (Å²) in [5, 5.41) is 10.8. The Kier molecular flexibility index (Phi) is 4.95. The number of hydrogen-bond donors (Lipinski definition) is 2. The molecule has 0 radical (unpaired) electrons. The summed E-state index contributed by atoms with van der Waals surface area (Å²) < 4.78 is 1.61. The van der Waals surface area contributed by atoms with Crippen molar-refractivity contribution in [3.8, 4) is 11.8 Å². The van der Waals surface area contributed by atoms with Crippen molar-refractivity contribution in [3.63, 3.8) is 0 Å². The van der Waals surface area contributed by atoms with Gasteiger partial charge in [-0.25, -0.2) is 9.78 Å². The van der Waals surface area contributed by atoms with Crippen LogP contribution < -0.4 is 5.56 Å². The van der Waals surface area contributed by atoms with Crippen LogP contribution in [0, 0.1) is 11.8 Å². The second kappa shape index (κ2) is 7.87. The second-order valence-electron chi connectivity index (χ2n) is 6.60. The molecule has 0 fully saturated rings. The van der Waals surface area contributed by atoms with Crippen LogP contribution in [0.4, 0.5) is 0 Å². The molecule has 0 spiro atoms. The molecule has 0 aliphatic carbocycles. The Hall–Kier alpha value is -4.11.